The maximum absolute atomic E-state index is 11.0. The molecule has 0 bridgehead atoms. The molecule has 0 aliphatic rings. The predicted molar refractivity (Wildman–Crippen MR) is 59.4 cm³/mol. The van der Waals surface area contributed by atoms with Crippen molar-refractivity contribution in [3.8, 4) is 17.9 Å². The van der Waals surface area contributed by atoms with Crippen LogP contribution in [0.5, 0.6) is 0 Å². The molecule has 0 aliphatic heterocycles. The van der Waals surface area contributed by atoms with Crippen LogP contribution in [0.25, 0.3) is 0 Å². The van der Waals surface area contributed by atoms with Gasteiger partial charge in [0.25, 0.3) is 0 Å². The molecule has 3 nitrogen and oxygen atoms in total. The molecule has 0 amide bonds. The lowest BCUT2D eigenvalue weighted by Gasteiger charge is -1.97. The summed E-state index contributed by atoms with van der Waals surface area (Å²) < 4.78 is 4.67. The molecule has 80 valence electrons. The Morgan fingerprint density at radius 2 is 2.19 bits per heavy atom. The minimum Gasteiger partial charge on any atom is -0.456 e. The fourth-order valence-electron chi connectivity index (χ4n) is 1.14. The van der Waals surface area contributed by atoms with Gasteiger partial charge in [-0.3, -0.25) is 0 Å². The van der Waals surface area contributed by atoms with Crippen molar-refractivity contribution in [3.63, 3.8) is 0 Å². The Kier molecular flexibility index (Phi) is 4.12. The Bertz CT molecular complexity index is 501. The van der Waals surface area contributed by atoms with Crippen LogP contribution in [0, 0.1) is 30.1 Å². The predicted octanol–water partition coefficient (Wildman–Crippen LogP) is 1.78. The zero-order valence-electron chi connectivity index (χ0n) is 9.20. The molecular weight excluding hydrogens is 202 g/mol. The van der Waals surface area contributed by atoms with Crippen molar-refractivity contribution in [1.29, 1.82) is 5.26 Å². The largest absolute Gasteiger partial charge is 0.456 e. The summed E-state index contributed by atoms with van der Waals surface area (Å²) in [5, 5.41) is 8.84. The molecule has 1 rings (SSSR count). The summed E-state index contributed by atoms with van der Waals surface area (Å²) in [5.74, 6) is 4.41. The van der Waals surface area contributed by atoms with Crippen LogP contribution in [0.2, 0.25) is 0 Å². The molecule has 0 atom stereocenters. The molecule has 0 aromatic heterocycles. The van der Waals surface area contributed by atoms with Gasteiger partial charge in [0.05, 0.1) is 12.2 Å². The van der Waals surface area contributed by atoms with Crippen LogP contribution in [-0.4, -0.2) is 12.6 Å². The van der Waals surface area contributed by atoms with Gasteiger partial charge in [-0.15, -0.1) is 0 Å². The molecule has 0 aliphatic carbocycles. The Labute approximate surface area is 94.7 Å². The van der Waals surface area contributed by atoms with Gasteiger partial charge in [0, 0.05) is 11.5 Å². The quantitative estimate of drug-likeness (QED) is 0.527. The first kappa shape index (κ1) is 11.8. The lowest BCUT2D eigenvalue weighted by atomic mass is 10.1. The third kappa shape index (κ3) is 3.15. The molecule has 1 aromatic carbocycles. The van der Waals surface area contributed by atoms with Crippen LogP contribution in [-0.2, 0) is 9.53 Å². The van der Waals surface area contributed by atoms with Crippen LogP contribution < -0.4 is 0 Å². The number of ether oxygens (including phenoxy) is 1. The molecule has 3 heteroatoms. The van der Waals surface area contributed by atoms with E-state index >= 15 is 0 Å². The van der Waals surface area contributed by atoms with Crippen molar-refractivity contribution in [2.24, 2.45) is 0 Å². The van der Waals surface area contributed by atoms with E-state index in [0.29, 0.717) is 17.7 Å². The third-order valence-electron chi connectivity index (χ3n) is 1.87. The number of esters is 1. The highest BCUT2D eigenvalue weighted by Crippen LogP contribution is 2.09. The van der Waals surface area contributed by atoms with E-state index in [0.717, 1.165) is 5.56 Å². The number of carbonyl (C=O) groups excluding carboxylic acids is 1. The number of nitriles is 1. The minimum atomic E-state index is -0.576. The van der Waals surface area contributed by atoms with Gasteiger partial charge in [0.1, 0.15) is 6.07 Å². The third-order valence-corrected chi connectivity index (χ3v) is 1.87. The minimum absolute atomic E-state index is 0.298. The number of benzene rings is 1. The molecule has 0 radical (unpaired) electrons. The first-order valence-electron chi connectivity index (χ1n) is 4.87. The highest BCUT2D eigenvalue weighted by molar-refractivity contribution is 5.89. The van der Waals surface area contributed by atoms with Crippen LogP contribution in [0.4, 0.5) is 0 Å². The van der Waals surface area contributed by atoms with Gasteiger partial charge in [-0.25, -0.2) is 4.79 Å². The molecular formula is C13H11NO2. The van der Waals surface area contributed by atoms with E-state index in [1.54, 1.807) is 19.1 Å². The highest BCUT2D eigenvalue weighted by atomic mass is 16.5. The Morgan fingerprint density at radius 1 is 1.44 bits per heavy atom. The standard InChI is InChI=1S/C13H11NO2/c1-3-16-13(15)7-6-11-8-10(2)4-5-12(11)9-14/h4-5,8H,3H2,1-2H3. The number of rotatable bonds is 1. The SMILES string of the molecule is CCOC(=O)C#Cc1cc(C)ccc1C#N. The van der Waals surface area contributed by atoms with Gasteiger partial charge >= 0.3 is 5.97 Å². The maximum Gasteiger partial charge on any atom is 0.384 e. The van der Waals surface area contributed by atoms with Crippen LogP contribution in [0.15, 0.2) is 18.2 Å². The summed E-state index contributed by atoms with van der Waals surface area (Å²) in [6.45, 7) is 3.91. The number of hydrogen-bond donors (Lipinski definition) is 0. The topological polar surface area (TPSA) is 50.1 Å². The highest BCUT2D eigenvalue weighted by Gasteiger charge is 1.99. The number of aryl methyl sites for hydroxylation is 1. The lowest BCUT2D eigenvalue weighted by Crippen LogP contribution is -1.99. The van der Waals surface area contributed by atoms with Crippen molar-refractivity contribution in [3.05, 3.63) is 34.9 Å². The summed E-state index contributed by atoms with van der Waals surface area (Å²) in [5.41, 5.74) is 2.00. The molecule has 0 saturated carbocycles. The molecule has 0 N–H and O–H groups in total. The van der Waals surface area contributed by atoms with Crippen molar-refractivity contribution in [1.82, 2.24) is 0 Å². The summed E-state index contributed by atoms with van der Waals surface area (Å²) in [4.78, 5) is 11.0. The number of nitrogens with zero attached hydrogens (tertiary/aromatic N) is 1. The van der Waals surface area contributed by atoms with Gasteiger partial charge in [0.15, 0.2) is 0 Å². The van der Waals surface area contributed by atoms with Gasteiger partial charge in [-0.05, 0) is 31.5 Å². The van der Waals surface area contributed by atoms with E-state index in [-0.39, 0.29) is 0 Å². The average molecular weight is 213 g/mol. The van der Waals surface area contributed by atoms with Gasteiger partial charge in [-0.2, -0.15) is 5.26 Å². The number of hydrogen-bond acceptors (Lipinski definition) is 3. The van der Waals surface area contributed by atoms with E-state index < -0.39 is 5.97 Å². The molecule has 0 saturated heterocycles. The van der Waals surface area contributed by atoms with E-state index in [4.69, 9.17) is 5.26 Å². The first-order valence-corrected chi connectivity index (χ1v) is 4.87. The van der Waals surface area contributed by atoms with E-state index in [1.165, 1.54) is 0 Å². The summed E-state index contributed by atoms with van der Waals surface area (Å²) >= 11 is 0. The smallest absolute Gasteiger partial charge is 0.384 e. The van der Waals surface area contributed by atoms with Crippen molar-refractivity contribution >= 4 is 5.97 Å². The first-order chi connectivity index (χ1) is 7.67. The second-order valence-corrected chi connectivity index (χ2v) is 3.13. The van der Waals surface area contributed by atoms with Crippen LogP contribution in [0.1, 0.15) is 23.6 Å². The summed E-state index contributed by atoms with van der Waals surface area (Å²) in [6.07, 6.45) is 0. The van der Waals surface area contributed by atoms with Crippen molar-refractivity contribution in [2.45, 2.75) is 13.8 Å². The average Bonchev–Trinajstić information content (AvgIpc) is 2.27. The van der Waals surface area contributed by atoms with Crippen LogP contribution >= 0.6 is 0 Å². The summed E-state index contributed by atoms with van der Waals surface area (Å²) in [6, 6.07) is 7.31. The Morgan fingerprint density at radius 3 is 2.81 bits per heavy atom. The molecule has 0 unspecified atom stereocenters. The monoisotopic (exact) mass is 213 g/mol. The lowest BCUT2D eigenvalue weighted by molar-refractivity contribution is -0.136. The number of carbonyl (C=O) groups is 1. The van der Waals surface area contributed by atoms with E-state index in [2.05, 4.69) is 16.6 Å². The van der Waals surface area contributed by atoms with Crippen molar-refractivity contribution in [2.75, 3.05) is 6.61 Å². The Hall–Kier alpha value is -2.26. The van der Waals surface area contributed by atoms with Gasteiger partial charge in [-0.1, -0.05) is 12.0 Å². The zero-order chi connectivity index (χ0) is 12.0. The fraction of sp³-hybridized carbons (Fsp3) is 0.231. The fourth-order valence-corrected chi connectivity index (χ4v) is 1.14. The second kappa shape index (κ2) is 5.58. The molecule has 0 fully saturated rings. The molecule has 0 heterocycles. The normalized spacial score (nSPS) is 8.56. The summed E-state index contributed by atoms with van der Waals surface area (Å²) in [7, 11) is 0. The maximum atomic E-state index is 11.0. The molecule has 16 heavy (non-hydrogen) atoms. The van der Waals surface area contributed by atoms with E-state index in [1.807, 2.05) is 19.1 Å². The molecule has 1 aromatic rings. The molecule has 0 spiro atoms. The van der Waals surface area contributed by atoms with Crippen LogP contribution in [0.3, 0.4) is 0 Å². The van der Waals surface area contributed by atoms with E-state index in [9.17, 15) is 4.79 Å². The van der Waals surface area contributed by atoms with Crippen molar-refractivity contribution < 1.29 is 9.53 Å². The van der Waals surface area contributed by atoms with Gasteiger partial charge < -0.3 is 4.74 Å². The zero-order valence-corrected chi connectivity index (χ0v) is 9.20. The van der Waals surface area contributed by atoms with Gasteiger partial charge in [0.2, 0.25) is 0 Å². The second-order valence-electron chi connectivity index (χ2n) is 3.13. The Balaban J connectivity index is 3.00.